The van der Waals surface area contributed by atoms with Gasteiger partial charge in [-0.05, 0) is 12.3 Å². The molecule has 0 aromatic heterocycles. The molecule has 0 amide bonds. The van der Waals surface area contributed by atoms with Crippen LogP contribution in [0.1, 0.15) is 13.3 Å². The van der Waals surface area contributed by atoms with E-state index in [0.717, 1.165) is 19.0 Å². The van der Waals surface area contributed by atoms with Crippen LogP contribution >= 0.6 is 0 Å². The number of rotatable bonds is 1. The second-order valence-corrected chi connectivity index (χ2v) is 2.61. The third-order valence-electron chi connectivity index (χ3n) is 1.71. The maximum Gasteiger partial charge on any atom is 0.0956 e. The first-order chi connectivity index (χ1) is 3.83. The van der Waals surface area contributed by atoms with Crippen molar-refractivity contribution in [2.45, 2.75) is 13.3 Å². The zero-order valence-corrected chi connectivity index (χ0v) is 5.30. The van der Waals surface area contributed by atoms with Gasteiger partial charge in [0, 0.05) is 13.1 Å². The van der Waals surface area contributed by atoms with Crippen LogP contribution in [0.5, 0.6) is 0 Å². The van der Waals surface area contributed by atoms with Gasteiger partial charge in [-0.2, -0.15) is 0 Å². The summed E-state index contributed by atoms with van der Waals surface area (Å²) in [4.78, 5) is 2.06. The highest BCUT2D eigenvalue weighted by Gasteiger charge is 2.16. The number of likely N-dealkylation sites (tertiary alicyclic amines) is 1. The van der Waals surface area contributed by atoms with E-state index in [0.29, 0.717) is 0 Å². The smallest absolute Gasteiger partial charge is 0.0956 e. The fraction of sp³-hybridized carbons (Fsp3) is 1.00. The molecule has 1 rings (SSSR count). The molecule has 1 aliphatic heterocycles. The molecule has 1 heterocycles. The van der Waals surface area contributed by atoms with E-state index in [4.69, 9.17) is 5.11 Å². The lowest BCUT2D eigenvalue weighted by Crippen LogP contribution is -2.20. The van der Waals surface area contributed by atoms with Gasteiger partial charge in [0.1, 0.15) is 0 Å². The Morgan fingerprint density at radius 3 is 2.75 bits per heavy atom. The van der Waals surface area contributed by atoms with Crippen LogP contribution in [0, 0.1) is 5.92 Å². The number of nitrogens with zero attached hydrogens (tertiary/aromatic N) is 1. The average molecular weight is 115 g/mol. The average Bonchev–Trinajstić information content (AvgIpc) is 2.14. The summed E-state index contributed by atoms with van der Waals surface area (Å²) < 4.78 is 0. The van der Waals surface area contributed by atoms with E-state index in [1.54, 1.807) is 0 Å². The van der Waals surface area contributed by atoms with Gasteiger partial charge >= 0.3 is 0 Å². The number of aliphatic hydroxyl groups is 1. The first kappa shape index (κ1) is 6.05. The van der Waals surface area contributed by atoms with E-state index >= 15 is 0 Å². The summed E-state index contributed by atoms with van der Waals surface area (Å²) in [6.45, 7) is 4.62. The highest BCUT2D eigenvalue weighted by molar-refractivity contribution is 4.68. The highest BCUT2D eigenvalue weighted by atomic mass is 16.3. The minimum absolute atomic E-state index is 0.240. The predicted molar refractivity (Wildman–Crippen MR) is 32.4 cm³/mol. The van der Waals surface area contributed by atoms with Crippen LogP contribution in [0.2, 0.25) is 0 Å². The van der Waals surface area contributed by atoms with Crippen molar-refractivity contribution in [3.8, 4) is 0 Å². The van der Waals surface area contributed by atoms with Crippen molar-refractivity contribution in [3.63, 3.8) is 0 Å². The number of hydrogen-bond donors (Lipinski definition) is 1. The lowest BCUT2D eigenvalue weighted by atomic mass is 10.2. The predicted octanol–water partition coefficient (Wildman–Crippen LogP) is 0.278. The Bertz CT molecular complexity index is 74.9. The van der Waals surface area contributed by atoms with Crippen LogP contribution in [0.25, 0.3) is 0 Å². The summed E-state index contributed by atoms with van der Waals surface area (Å²) >= 11 is 0. The Morgan fingerprint density at radius 2 is 2.50 bits per heavy atom. The molecule has 1 unspecified atom stereocenters. The molecule has 48 valence electrons. The van der Waals surface area contributed by atoms with Crippen LogP contribution in [-0.4, -0.2) is 29.8 Å². The molecule has 8 heavy (non-hydrogen) atoms. The molecule has 2 nitrogen and oxygen atoms in total. The molecule has 0 aliphatic carbocycles. The van der Waals surface area contributed by atoms with Crippen molar-refractivity contribution < 1.29 is 5.11 Å². The molecule has 1 atom stereocenters. The molecule has 0 spiro atoms. The Morgan fingerprint density at radius 1 is 1.75 bits per heavy atom. The van der Waals surface area contributed by atoms with Gasteiger partial charge in [0.05, 0.1) is 6.73 Å². The zero-order valence-electron chi connectivity index (χ0n) is 5.30. The maximum absolute atomic E-state index is 8.61. The monoisotopic (exact) mass is 115 g/mol. The normalized spacial score (nSPS) is 31.5. The lowest BCUT2D eigenvalue weighted by molar-refractivity contribution is 0.128. The first-order valence-corrected chi connectivity index (χ1v) is 3.16. The molecule has 0 aromatic rings. The molecular weight excluding hydrogens is 102 g/mol. The summed E-state index contributed by atoms with van der Waals surface area (Å²) in [5.41, 5.74) is 0. The van der Waals surface area contributed by atoms with E-state index in [1.807, 2.05) is 0 Å². The van der Waals surface area contributed by atoms with Crippen LogP contribution in [0.15, 0.2) is 0 Å². The van der Waals surface area contributed by atoms with Crippen molar-refractivity contribution in [2.24, 2.45) is 5.92 Å². The first-order valence-electron chi connectivity index (χ1n) is 3.16. The van der Waals surface area contributed by atoms with E-state index < -0.39 is 0 Å². The van der Waals surface area contributed by atoms with Crippen LogP contribution < -0.4 is 0 Å². The van der Waals surface area contributed by atoms with Crippen molar-refractivity contribution in [1.82, 2.24) is 4.90 Å². The standard InChI is InChI=1S/C6H13NO/c1-6-2-3-7(4-6)5-8/h6,8H,2-5H2,1H3. The molecule has 1 aliphatic rings. The number of aliphatic hydroxyl groups excluding tert-OH is 1. The Hall–Kier alpha value is -0.0800. The lowest BCUT2D eigenvalue weighted by Gasteiger charge is -2.08. The molecule has 2 heteroatoms. The van der Waals surface area contributed by atoms with Gasteiger partial charge < -0.3 is 5.11 Å². The van der Waals surface area contributed by atoms with Gasteiger partial charge in [-0.1, -0.05) is 6.92 Å². The Kier molecular flexibility index (Phi) is 1.86. The van der Waals surface area contributed by atoms with Crippen molar-refractivity contribution in [2.75, 3.05) is 19.8 Å². The van der Waals surface area contributed by atoms with Gasteiger partial charge in [-0.25, -0.2) is 0 Å². The molecular formula is C6H13NO. The maximum atomic E-state index is 8.61. The number of hydrogen-bond acceptors (Lipinski definition) is 2. The van der Waals surface area contributed by atoms with Gasteiger partial charge in [0.25, 0.3) is 0 Å². The molecule has 1 N–H and O–H groups in total. The molecule has 1 saturated heterocycles. The fourth-order valence-corrected chi connectivity index (χ4v) is 1.15. The summed E-state index contributed by atoms with van der Waals surface area (Å²) in [6, 6.07) is 0. The van der Waals surface area contributed by atoms with E-state index in [-0.39, 0.29) is 6.73 Å². The van der Waals surface area contributed by atoms with E-state index in [1.165, 1.54) is 6.42 Å². The van der Waals surface area contributed by atoms with E-state index in [2.05, 4.69) is 11.8 Å². The fourth-order valence-electron chi connectivity index (χ4n) is 1.15. The molecule has 0 radical (unpaired) electrons. The minimum atomic E-state index is 0.240. The third kappa shape index (κ3) is 1.20. The van der Waals surface area contributed by atoms with Crippen molar-refractivity contribution in [1.29, 1.82) is 0 Å². The summed E-state index contributed by atoms with van der Waals surface area (Å²) in [6.07, 6.45) is 1.25. The quantitative estimate of drug-likeness (QED) is 0.530. The van der Waals surface area contributed by atoms with E-state index in [9.17, 15) is 0 Å². The zero-order chi connectivity index (χ0) is 5.98. The van der Waals surface area contributed by atoms with Gasteiger partial charge in [-0.15, -0.1) is 0 Å². The second-order valence-electron chi connectivity index (χ2n) is 2.61. The van der Waals surface area contributed by atoms with Gasteiger partial charge in [-0.3, -0.25) is 4.90 Å². The SMILES string of the molecule is CC1CCN(CO)C1. The largest absolute Gasteiger partial charge is 0.381 e. The minimum Gasteiger partial charge on any atom is -0.381 e. The Labute approximate surface area is 50.1 Å². The molecule has 0 saturated carbocycles. The van der Waals surface area contributed by atoms with Gasteiger partial charge in [0.2, 0.25) is 0 Å². The molecule has 0 bridgehead atoms. The van der Waals surface area contributed by atoms with Crippen LogP contribution in [0.4, 0.5) is 0 Å². The Balaban J connectivity index is 2.22. The van der Waals surface area contributed by atoms with Crippen LogP contribution in [0.3, 0.4) is 0 Å². The third-order valence-corrected chi connectivity index (χ3v) is 1.71. The second kappa shape index (κ2) is 2.46. The topological polar surface area (TPSA) is 23.5 Å². The van der Waals surface area contributed by atoms with Crippen LogP contribution in [-0.2, 0) is 0 Å². The summed E-state index contributed by atoms with van der Waals surface area (Å²) in [5, 5.41) is 8.61. The van der Waals surface area contributed by atoms with Gasteiger partial charge in [0.15, 0.2) is 0 Å². The van der Waals surface area contributed by atoms with Crippen molar-refractivity contribution >= 4 is 0 Å². The molecule has 0 aromatic carbocycles. The molecule has 1 fully saturated rings. The summed E-state index contributed by atoms with van der Waals surface area (Å²) in [5.74, 6) is 0.794. The van der Waals surface area contributed by atoms with Crippen molar-refractivity contribution in [3.05, 3.63) is 0 Å². The summed E-state index contributed by atoms with van der Waals surface area (Å²) in [7, 11) is 0. The highest BCUT2D eigenvalue weighted by Crippen LogP contribution is 2.12.